The number of aromatic nitrogens is 4. The average molecular weight is 506 g/mol. The fourth-order valence-electron chi connectivity index (χ4n) is 5.22. The zero-order valence-electron chi connectivity index (χ0n) is 21.8. The summed E-state index contributed by atoms with van der Waals surface area (Å²) in [5.74, 6) is 2.38. The van der Waals surface area contributed by atoms with Crippen LogP contribution in [0.4, 0.5) is 5.95 Å². The van der Waals surface area contributed by atoms with E-state index >= 15 is 0 Å². The first-order valence-electron chi connectivity index (χ1n) is 13.3. The Morgan fingerprint density at radius 2 is 1.89 bits per heavy atom. The Bertz CT molecular complexity index is 1550. The van der Waals surface area contributed by atoms with Crippen LogP contribution in [0.3, 0.4) is 0 Å². The third kappa shape index (κ3) is 4.60. The third-order valence-electron chi connectivity index (χ3n) is 7.55. The third-order valence-corrected chi connectivity index (χ3v) is 7.55. The SMILES string of the molecule is CC(C)(C#N)c1cnc(-c2ccc3ccccc3c2)n1-c1ccnc(NC2CCCN(C(=O)C3CC3)C2)n1. The van der Waals surface area contributed by atoms with E-state index in [1.54, 1.807) is 12.4 Å². The summed E-state index contributed by atoms with van der Waals surface area (Å²) in [6, 6.07) is 18.8. The molecule has 192 valence electrons. The molecule has 3 heterocycles. The van der Waals surface area contributed by atoms with Crippen molar-refractivity contribution in [3.8, 4) is 23.3 Å². The molecule has 0 radical (unpaired) electrons. The van der Waals surface area contributed by atoms with Crippen molar-refractivity contribution in [2.75, 3.05) is 18.4 Å². The molecule has 8 nitrogen and oxygen atoms in total. The number of amides is 1. The Morgan fingerprint density at radius 1 is 1.08 bits per heavy atom. The number of carbonyl (C=O) groups excluding carboxylic acids is 1. The molecule has 2 aromatic carbocycles. The highest BCUT2D eigenvalue weighted by atomic mass is 16.2. The first kappa shape index (κ1) is 24.1. The maximum Gasteiger partial charge on any atom is 0.225 e. The summed E-state index contributed by atoms with van der Waals surface area (Å²) in [5.41, 5.74) is 0.915. The topological polar surface area (TPSA) is 99.7 Å². The quantitative estimate of drug-likeness (QED) is 0.392. The zero-order valence-corrected chi connectivity index (χ0v) is 21.8. The van der Waals surface area contributed by atoms with E-state index in [0.29, 0.717) is 18.3 Å². The molecule has 4 aromatic rings. The van der Waals surface area contributed by atoms with Crippen LogP contribution in [-0.4, -0.2) is 49.5 Å². The summed E-state index contributed by atoms with van der Waals surface area (Å²) >= 11 is 0. The van der Waals surface area contributed by atoms with Gasteiger partial charge in [0.05, 0.1) is 23.4 Å². The van der Waals surface area contributed by atoms with Gasteiger partial charge in [-0.25, -0.2) is 9.97 Å². The molecular weight excluding hydrogens is 474 g/mol. The molecule has 1 atom stereocenters. The van der Waals surface area contributed by atoms with E-state index in [-0.39, 0.29) is 17.9 Å². The normalized spacial score (nSPS) is 17.8. The predicted octanol–water partition coefficient (Wildman–Crippen LogP) is 5.10. The second-order valence-corrected chi connectivity index (χ2v) is 10.9. The van der Waals surface area contributed by atoms with Gasteiger partial charge in [-0.3, -0.25) is 9.36 Å². The summed E-state index contributed by atoms with van der Waals surface area (Å²) in [5, 5.41) is 15.7. The summed E-state index contributed by atoms with van der Waals surface area (Å²) in [4.78, 5) is 28.7. The maximum absolute atomic E-state index is 12.6. The highest BCUT2D eigenvalue weighted by Gasteiger charge is 2.35. The Balaban J connectivity index is 1.35. The number of nitrogens with zero attached hydrogens (tertiary/aromatic N) is 6. The molecule has 8 heteroatoms. The van der Waals surface area contributed by atoms with Crippen molar-refractivity contribution in [3.05, 3.63) is 66.6 Å². The fraction of sp³-hybridized carbons (Fsp3) is 0.367. The summed E-state index contributed by atoms with van der Waals surface area (Å²) in [6.45, 7) is 5.27. The van der Waals surface area contributed by atoms with Gasteiger partial charge in [0.2, 0.25) is 11.9 Å². The number of hydrogen-bond acceptors (Lipinski definition) is 6. The fourth-order valence-corrected chi connectivity index (χ4v) is 5.22. The lowest BCUT2D eigenvalue weighted by Crippen LogP contribution is -2.45. The predicted molar refractivity (Wildman–Crippen MR) is 147 cm³/mol. The molecule has 1 unspecified atom stereocenters. The summed E-state index contributed by atoms with van der Waals surface area (Å²) in [7, 11) is 0. The van der Waals surface area contributed by atoms with Gasteiger partial charge in [0, 0.05) is 36.8 Å². The molecule has 6 rings (SSSR count). The number of nitriles is 1. The van der Waals surface area contributed by atoms with Crippen LogP contribution < -0.4 is 5.32 Å². The Hall–Kier alpha value is -4.25. The Morgan fingerprint density at radius 3 is 2.68 bits per heavy atom. The van der Waals surface area contributed by atoms with Crippen LogP contribution in [0.2, 0.25) is 0 Å². The molecule has 1 aliphatic carbocycles. The van der Waals surface area contributed by atoms with Crippen LogP contribution in [0.5, 0.6) is 0 Å². The Labute approximate surface area is 222 Å². The number of likely N-dealkylation sites (tertiary alicyclic amines) is 1. The van der Waals surface area contributed by atoms with Crippen molar-refractivity contribution in [1.29, 1.82) is 5.26 Å². The van der Waals surface area contributed by atoms with Gasteiger partial charge in [0.25, 0.3) is 0 Å². The zero-order chi connectivity index (χ0) is 26.3. The standard InChI is InChI=1S/C30H31N7O/c1-30(2,19-31)25-17-33-27(23-12-9-20-6-3-4-7-22(20)16-23)37(25)26-13-14-32-29(35-26)34-24-8-5-15-36(18-24)28(38)21-10-11-21/h3-4,6-7,9,12-14,16-17,21,24H,5,8,10-11,15,18H2,1-2H3,(H,32,34,35). The first-order valence-corrected chi connectivity index (χ1v) is 13.3. The van der Waals surface area contributed by atoms with Crippen molar-refractivity contribution in [2.24, 2.45) is 5.92 Å². The second kappa shape index (κ2) is 9.56. The molecule has 0 spiro atoms. The van der Waals surface area contributed by atoms with Gasteiger partial charge in [-0.2, -0.15) is 10.2 Å². The molecule has 1 aliphatic heterocycles. The van der Waals surface area contributed by atoms with Crippen molar-refractivity contribution in [3.63, 3.8) is 0 Å². The number of hydrogen-bond donors (Lipinski definition) is 1. The minimum absolute atomic E-state index is 0.0967. The molecule has 2 aliphatic rings. The highest BCUT2D eigenvalue weighted by Crippen LogP contribution is 2.33. The highest BCUT2D eigenvalue weighted by molar-refractivity contribution is 5.86. The van der Waals surface area contributed by atoms with Crippen molar-refractivity contribution >= 4 is 22.6 Å². The van der Waals surface area contributed by atoms with Crippen LogP contribution in [0, 0.1) is 17.2 Å². The average Bonchev–Trinajstić information content (AvgIpc) is 3.69. The number of carbonyl (C=O) groups is 1. The maximum atomic E-state index is 12.6. The molecule has 38 heavy (non-hydrogen) atoms. The van der Waals surface area contributed by atoms with E-state index in [1.165, 1.54) is 0 Å². The van der Waals surface area contributed by atoms with Gasteiger partial charge in [-0.1, -0.05) is 36.4 Å². The molecular formula is C30H31N7O. The van der Waals surface area contributed by atoms with E-state index in [4.69, 9.17) is 9.97 Å². The lowest BCUT2D eigenvalue weighted by molar-refractivity contribution is -0.133. The number of anilines is 1. The Kier molecular flexibility index (Phi) is 6.07. The van der Waals surface area contributed by atoms with Crippen molar-refractivity contribution in [2.45, 2.75) is 51.0 Å². The monoisotopic (exact) mass is 505 g/mol. The molecule has 1 N–H and O–H groups in total. The van der Waals surface area contributed by atoms with Crippen LogP contribution in [-0.2, 0) is 10.2 Å². The van der Waals surface area contributed by atoms with Crippen LogP contribution >= 0.6 is 0 Å². The van der Waals surface area contributed by atoms with Crippen LogP contribution in [0.25, 0.3) is 28.0 Å². The molecule has 2 fully saturated rings. The van der Waals surface area contributed by atoms with Crippen LogP contribution in [0.15, 0.2) is 60.9 Å². The number of rotatable bonds is 6. The van der Waals surface area contributed by atoms with Gasteiger partial charge >= 0.3 is 0 Å². The minimum Gasteiger partial charge on any atom is -0.350 e. The number of benzene rings is 2. The smallest absolute Gasteiger partial charge is 0.225 e. The molecule has 1 saturated heterocycles. The lowest BCUT2D eigenvalue weighted by Gasteiger charge is -2.33. The van der Waals surface area contributed by atoms with Gasteiger partial charge in [0.15, 0.2) is 0 Å². The van der Waals surface area contributed by atoms with E-state index in [0.717, 1.165) is 60.1 Å². The van der Waals surface area contributed by atoms with E-state index < -0.39 is 5.41 Å². The molecule has 2 aromatic heterocycles. The minimum atomic E-state index is -0.784. The van der Waals surface area contributed by atoms with E-state index in [9.17, 15) is 10.1 Å². The molecule has 0 bridgehead atoms. The number of nitrogens with one attached hydrogen (secondary N) is 1. The van der Waals surface area contributed by atoms with Gasteiger partial charge in [-0.15, -0.1) is 0 Å². The number of fused-ring (bicyclic) bond motifs is 1. The molecule has 1 amide bonds. The second-order valence-electron chi connectivity index (χ2n) is 10.9. The number of imidazole rings is 1. The first-order chi connectivity index (χ1) is 18.4. The lowest BCUT2D eigenvalue weighted by atomic mass is 9.91. The van der Waals surface area contributed by atoms with Crippen molar-refractivity contribution in [1.82, 2.24) is 24.4 Å². The van der Waals surface area contributed by atoms with Gasteiger partial charge < -0.3 is 10.2 Å². The van der Waals surface area contributed by atoms with E-state index in [2.05, 4.69) is 46.7 Å². The summed E-state index contributed by atoms with van der Waals surface area (Å²) < 4.78 is 1.96. The van der Waals surface area contributed by atoms with Gasteiger partial charge in [0.1, 0.15) is 11.6 Å². The van der Waals surface area contributed by atoms with Crippen molar-refractivity contribution < 1.29 is 4.79 Å². The van der Waals surface area contributed by atoms with E-state index in [1.807, 2.05) is 41.5 Å². The summed E-state index contributed by atoms with van der Waals surface area (Å²) in [6.07, 6.45) is 7.46. The molecule has 1 saturated carbocycles. The van der Waals surface area contributed by atoms with Crippen LogP contribution in [0.1, 0.15) is 45.2 Å². The van der Waals surface area contributed by atoms with Gasteiger partial charge in [-0.05, 0) is 62.4 Å². The number of piperidine rings is 1. The largest absolute Gasteiger partial charge is 0.350 e.